The zero-order valence-electron chi connectivity index (χ0n) is 9.69. The Bertz CT molecular complexity index is 353. The molecule has 94 valence electrons. The van der Waals surface area contributed by atoms with Crippen molar-refractivity contribution in [3.8, 4) is 0 Å². The number of ether oxygens (including phenoxy) is 2. The summed E-state index contributed by atoms with van der Waals surface area (Å²) in [7, 11) is 1.17. The molecule has 0 atom stereocenters. The molecule has 6 heteroatoms. The van der Waals surface area contributed by atoms with Crippen LogP contribution in [0.3, 0.4) is 0 Å². The van der Waals surface area contributed by atoms with E-state index in [2.05, 4.69) is 29.2 Å². The molecule has 0 aromatic heterocycles. The van der Waals surface area contributed by atoms with Crippen molar-refractivity contribution in [3.63, 3.8) is 0 Å². The minimum Gasteiger partial charge on any atom is -0.478 e. The first-order valence-electron chi connectivity index (χ1n) is 4.26. The molecule has 0 amide bonds. The fourth-order valence-corrected chi connectivity index (χ4v) is 0.355. The van der Waals surface area contributed by atoms with Crippen LogP contribution < -0.4 is 0 Å². The molecule has 0 saturated heterocycles. The van der Waals surface area contributed by atoms with Crippen molar-refractivity contribution in [2.75, 3.05) is 7.11 Å². The van der Waals surface area contributed by atoms with Gasteiger partial charge < -0.3 is 14.6 Å². The first-order valence-corrected chi connectivity index (χ1v) is 4.26. The van der Waals surface area contributed by atoms with E-state index < -0.39 is 17.9 Å². The first-order chi connectivity index (χ1) is 7.76. The largest absolute Gasteiger partial charge is 0.478 e. The average molecular weight is 242 g/mol. The topological polar surface area (TPSA) is 89.9 Å². The lowest BCUT2D eigenvalue weighted by Gasteiger charge is -2.03. The van der Waals surface area contributed by atoms with Crippen LogP contribution >= 0.6 is 0 Å². The maximum atomic E-state index is 10.8. The molecular formula is C11H14O6. The van der Waals surface area contributed by atoms with Gasteiger partial charge in [0.25, 0.3) is 0 Å². The standard InChI is InChI=1S/C8H10O4.C3H4O2/c1-5(2)7(9)12-6(3)8(10)11-4;1-2-3(4)5/h1,3H2,2,4H3;2H,1H2,(H,4,5). The number of rotatable bonds is 4. The molecule has 0 aliphatic rings. The van der Waals surface area contributed by atoms with Gasteiger partial charge in [0.1, 0.15) is 0 Å². The van der Waals surface area contributed by atoms with Crippen molar-refractivity contribution in [2.24, 2.45) is 0 Å². The number of hydrogen-bond acceptors (Lipinski definition) is 5. The summed E-state index contributed by atoms with van der Waals surface area (Å²) in [6.07, 6.45) is 0.833. The van der Waals surface area contributed by atoms with Crippen LogP contribution in [0.1, 0.15) is 6.92 Å². The third-order valence-electron chi connectivity index (χ3n) is 1.15. The summed E-state index contributed by atoms with van der Waals surface area (Å²) in [5.41, 5.74) is 0.194. The molecule has 6 nitrogen and oxygen atoms in total. The van der Waals surface area contributed by atoms with Crippen LogP contribution in [0.5, 0.6) is 0 Å². The molecule has 0 fully saturated rings. The molecule has 0 aliphatic carbocycles. The molecule has 0 rings (SSSR count). The first kappa shape index (κ1) is 17.0. The predicted octanol–water partition coefficient (Wildman–Crippen LogP) is 1.05. The number of carbonyl (C=O) groups excluding carboxylic acids is 2. The van der Waals surface area contributed by atoms with Crippen molar-refractivity contribution in [2.45, 2.75) is 6.92 Å². The lowest BCUT2D eigenvalue weighted by Crippen LogP contribution is -2.12. The minimum atomic E-state index is -0.981. The quantitative estimate of drug-likeness (QED) is 0.450. The second-order valence-electron chi connectivity index (χ2n) is 2.63. The van der Waals surface area contributed by atoms with Crippen molar-refractivity contribution in [3.05, 3.63) is 37.1 Å². The van der Waals surface area contributed by atoms with E-state index in [0.29, 0.717) is 0 Å². The molecular weight excluding hydrogens is 228 g/mol. The molecule has 0 aromatic rings. The van der Waals surface area contributed by atoms with Gasteiger partial charge in [-0.2, -0.15) is 0 Å². The summed E-state index contributed by atoms with van der Waals surface area (Å²) in [5.74, 6) is -2.79. The molecule has 0 aliphatic heterocycles. The number of aliphatic carboxylic acids is 1. The van der Waals surface area contributed by atoms with Gasteiger partial charge in [-0.05, 0) is 13.5 Å². The molecule has 0 heterocycles. The molecule has 1 N–H and O–H groups in total. The Morgan fingerprint density at radius 2 is 1.59 bits per heavy atom. The number of methoxy groups -OCH3 is 1. The number of hydrogen-bond donors (Lipinski definition) is 1. The Balaban J connectivity index is 0. The Morgan fingerprint density at radius 3 is 1.82 bits per heavy atom. The normalized spacial score (nSPS) is 7.88. The van der Waals surface area contributed by atoms with E-state index in [4.69, 9.17) is 5.11 Å². The van der Waals surface area contributed by atoms with Gasteiger partial charge in [-0.1, -0.05) is 13.2 Å². The van der Waals surface area contributed by atoms with Gasteiger partial charge in [0.15, 0.2) is 0 Å². The molecule has 0 bridgehead atoms. The van der Waals surface area contributed by atoms with Crippen molar-refractivity contribution in [1.82, 2.24) is 0 Å². The SMILES string of the molecule is C=C(C)C(=O)OC(=C)C(=O)OC.C=CC(=O)O. The van der Waals surface area contributed by atoms with Gasteiger partial charge in [0.2, 0.25) is 5.76 Å². The molecule has 0 unspecified atom stereocenters. The highest BCUT2D eigenvalue weighted by Crippen LogP contribution is 2.01. The smallest absolute Gasteiger partial charge is 0.373 e. The maximum Gasteiger partial charge on any atom is 0.373 e. The number of carbonyl (C=O) groups is 3. The zero-order chi connectivity index (χ0) is 14.0. The summed E-state index contributed by atoms with van der Waals surface area (Å²) in [4.78, 5) is 30.7. The van der Waals surface area contributed by atoms with E-state index in [1.807, 2.05) is 0 Å². The van der Waals surface area contributed by atoms with Crippen molar-refractivity contribution < 1.29 is 29.0 Å². The average Bonchev–Trinajstić information content (AvgIpc) is 2.28. The highest BCUT2D eigenvalue weighted by Gasteiger charge is 2.12. The molecule has 0 saturated carbocycles. The summed E-state index contributed by atoms with van der Waals surface area (Å²) in [6, 6.07) is 0. The van der Waals surface area contributed by atoms with E-state index in [1.54, 1.807) is 0 Å². The molecule has 0 aromatic carbocycles. The third-order valence-corrected chi connectivity index (χ3v) is 1.15. The monoisotopic (exact) mass is 242 g/mol. The van der Waals surface area contributed by atoms with E-state index in [-0.39, 0.29) is 11.3 Å². The van der Waals surface area contributed by atoms with Crippen LogP contribution in [-0.2, 0) is 23.9 Å². The Kier molecular flexibility index (Phi) is 8.92. The van der Waals surface area contributed by atoms with Gasteiger partial charge in [0.05, 0.1) is 7.11 Å². The number of esters is 2. The Labute approximate surface area is 98.8 Å². The van der Waals surface area contributed by atoms with Crippen LogP contribution in [0.15, 0.2) is 37.1 Å². The van der Waals surface area contributed by atoms with Crippen LogP contribution in [0, 0.1) is 0 Å². The third kappa shape index (κ3) is 9.92. The van der Waals surface area contributed by atoms with Gasteiger partial charge in [-0.25, -0.2) is 14.4 Å². The maximum absolute atomic E-state index is 10.8. The Hall–Kier alpha value is -2.37. The number of carboxylic acid groups (broad SMARTS) is 1. The second kappa shape index (κ2) is 8.90. The molecule has 17 heavy (non-hydrogen) atoms. The lowest BCUT2D eigenvalue weighted by molar-refractivity contribution is -0.147. The molecule has 0 radical (unpaired) electrons. The minimum absolute atomic E-state index is 0.194. The van der Waals surface area contributed by atoms with Gasteiger partial charge in [-0.15, -0.1) is 0 Å². The summed E-state index contributed by atoms with van der Waals surface area (Å²) < 4.78 is 8.70. The zero-order valence-corrected chi connectivity index (χ0v) is 9.69. The van der Waals surface area contributed by atoms with E-state index in [1.165, 1.54) is 14.0 Å². The second-order valence-corrected chi connectivity index (χ2v) is 2.63. The van der Waals surface area contributed by atoms with Crippen molar-refractivity contribution in [1.29, 1.82) is 0 Å². The van der Waals surface area contributed by atoms with E-state index in [9.17, 15) is 14.4 Å². The fraction of sp³-hybridized carbons (Fsp3) is 0.182. The molecule has 0 spiro atoms. The Morgan fingerprint density at radius 1 is 1.18 bits per heavy atom. The summed E-state index contributed by atoms with van der Waals surface area (Å²) >= 11 is 0. The lowest BCUT2D eigenvalue weighted by atomic mass is 10.4. The van der Waals surface area contributed by atoms with Crippen LogP contribution in [0.4, 0.5) is 0 Å². The predicted molar refractivity (Wildman–Crippen MR) is 59.9 cm³/mol. The highest BCUT2D eigenvalue weighted by atomic mass is 16.6. The summed E-state index contributed by atoms with van der Waals surface area (Å²) in [6.45, 7) is 10.9. The van der Waals surface area contributed by atoms with Crippen LogP contribution in [0.25, 0.3) is 0 Å². The summed E-state index contributed by atoms with van der Waals surface area (Å²) in [5, 5.41) is 7.60. The van der Waals surface area contributed by atoms with Gasteiger partial charge >= 0.3 is 17.9 Å². The van der Waals surface area contributed by atoms with Crippen LogP contribution in [-0.4, -0.2) is 30.1 Å². The van der Waals surface area contributed by atoms with E-state index in [0.717, 1.165) is 6.08 Å². The highest BCUT2D eigenvalue weighted by molar-refractivity contribution is 5.93. The van der Waals surface area contributed by atoms with Gasteiger partial charge in [0, 0.05) is 11.6 Å². The fourth-order valence-electron chi connectivity index (χ4n) is 0.355. The van der Waals surface area contributed by atoms with Gasteiger partial charge in [-0.3, -0.25) is 0 Å². The number of carboxylic acids is 1. The van der Waals surface area contributed by atoms with Crippen molar-refractivity contribution >= 4 is 17.9 Å². The van der Waals surface area contributed by atoms with Crippen LogP contribution in [0.2, 0.25) is 0 Å². The van der Waals surface area contributed by atoms with E-state index >= 15 is 0 Å².